The molecule has 4 saturated carbocycles. The van der Waals surface area contributed by atoms with Gasteiger partial charge in [-0.05, 0) is 80.8 Å². The predicted octanol–water partition coefficient (Wildman–Crippen LogP) is 3.35. The van der Waals surface area contributed by atoms with Crippen LogP contribution in [-0.2, 0) is 9.59 Å². The molecule has 1 unspecified atom stereocenters. The molecule has 0 radical (unpaired) electrons. The average Bonchev–Trinajstić information content (AvgIpc) is 2.61. The molecule has 5 rings (SSSR count). The minimum absolute atomic E-state index is 0.0341. The summed E-state index contributed by atoms with van der Waals surface area (Å²) < 4.78 is 5.23. The van der Waals surface area contributed by atoms with Gasteiger partial charge in [0.05, 0.1) is 12.8 Å². The summed E-state index contributed by atoms with van der Waals surface area (Å²) in [6.45, 7) is 2.08. The summed E-state index contributed by atoms with van der Waals surface area (Å²) in [5.41, 5.74) is 0.701. The molecule has 0 aromatic heterocycles. The lowest BCUT2D eigenvalue weighted by Crippen LogP contribution is -2.57. The number of ether oxygens (including phenoxy) is 1. The second kappa shape index (κ2) is 6.60. The first-order chi connectivity index (χ1) is 12.5. The molecule has 26 heavy (non-hydrogen) atoms. The molecule has 5 heteroatoms. The Morgan fingerprint density at radius 1 is 1.04 bits per heavy atom. The Hall–Kier alpha value is -2.04. The standard InChI is InChI=1S/C21H28N2O3/c1-13(21-10-14-7-15(11-21)9-16(8-14)12-21)22-19(24)20(25)23-17-5-3-4-6-18(17)26-2/h3-6,13-16H,7-12H2,1-2H3,(H,22,24)(H,23,25). The number of carbonyl (C=O) groups excluding carboxylic acids is 2. The highest BCUT2D eigenvalue weighted by atomic mass is 16.5. The fraction of sp³-hybridized carbons (Fsp3) is 0.619. The minimum Gasteiger partial charge on any atom is -0.495 e. The molecule has 4 aliphatic rings. The molecule has 0 spiro atoms. The molecule has 5 nitrogen and oxygen atoms in total. The second-order valence-electron chi connectivity index (χ2n) is 8.63. The molecule has 0 saturated heterocycles. The maximum atomic E-state index is 12.5. The van der Waals surface area contributed by atoms with Crippen LogP contribution >= 0.6 is 0 Å². The van der Waals surface area contributed by atoms with E-state index in [4.69, 9.17) is 4.74 Å². The van der Waals surface area contributed by atoms with Crippen LogP contribution in [0, 0.1) is 23.2 Å². The number of carbonyl (C=O) groups is 2. The minimum atomic E-state index is -0.633. The number of hydrogen-bond donors (Lipinski definition) is 2. The SMILES string of the molecule is COc1ccccc1NC(=O)C(=O)NC(C)C12CC3CC(CC(C3)C1)C2. The number of para-hydroxylation sites is 2. The number of nitrogens with one attached hydrogen (secondary N) is 2. The van der Waals surface area contributed by atoms with E-state index < -0.39 is 11.8 Å². The van der Waals surface area contributed by atoms with Crippen molar-refractivity contribution in [1.29, 1.82) is 0 Å². The molecule has 1 atom stereocenters. The first-order valence-corrected chi connectivity index (χ1v) is 9.74. The molecule has 4 bridgehead atoms. The normalized spacial score (nSPS) is 32.8. The third kappa shape index (κ3) is 3.08. The van der Waals surface area contributed by atoms with Crippen molar-refractivity contribution in [2.75, 3.05) is 12.4 Å². The van der Waals surface area contributed by atoms with Gasteiger partial charge in [0.1, 0.15) is 5.75 Å². The van der Waals surface area contributed by atoms with Gasteiger partial charge in [0.25, 0.3) is 0 Å². The molecule has 140 valence electrons. The van der Waals surface area contributed by atoms with Crippen LogP contribution < -0.4 is 15.4 Å². The Morgan fingerprint density at radius 3 is 2.19 bits per heavy atom. The summed E-state index contributed by atoms with van der Waals surface area (Å²) in [6.07, 6.45) is 7.72. The number of benzene rings is 1. The monoisotopic (exact) mass is 356 g/mol. The van der Waals surface area contributed by atoms with E-state index in [1.54, 1.807) is 25.3 Å². The molecule has 0 heterocycles. The van der Waals surface area contributed by atoms with Gasteiger partial charge in [-0.15, -0.1) is 0 Å². The molecule has 4 aliphatic carbocycles. The Morgan fingerprint density at radius 2 is 1.62 bits per heavy atom. The van der Waals surface area contributed by atoms with E-state index >= 15 is 0 Å². The van der Waals surface area contributed by atoms with Gasteiger partial charge in [-0.25, -0.2) is 0 Å². The van der Waals surface area contributed by atoms with E-state index in [1.165, 1.54) is 38.5 Å². The van der Waals surface area contributed by atoms with Gasteiger partial charge < -0.3 is 15.4 Å². The summed E-state index contributed by atoms with van der Waals surface area (Å²) in [6, 6.07) is 7.14. The predicted molar refractivity (Wildman–Crippen MR) is 99.8 cm³/mol. The zero-order valence-corrected chi connectivity index (χ0v) is 15.6. The number of methoxy groups -OCH3 is 1. The van der Waals surface area contributed by atoms with E-state index in [2.05, 4.69) is 17.6 Å². The van der Waals surface area contributed by atoms with Gasteiger partial charge in [-0.1, -0.05) is 12.1 Å². The third-order valence-electron chi connectivity index (χ3n) is 6.91. The molecule has 4 fully saturated rings. The van der Waals surface area contributed by atoms with E-state index in [9.17, 15) is 9.59 Å². The summed E-state index contributed by atoms with van der Waals surface area (Å²) >= 11 is 0. The number of anilines is 1. The van der Waals surface area contributed by atoms with Crippen molar-refractivity contribution in [2.45, 2.75) is 51.5 Å². The van der Waals surface area contributed by atoms with Crippen molar-refractivity contribution in [2.24, 2.45) is 23.2 Å². The topological polar surface area (TPSA) is 67.4 Å². The Kier molecular flexibility index (Phi) is 4.41. The van der Waals surface area contributed by atoms with Crippen molar-refractivity contribution in [3.8, 4) is 5.75 Å². The summed E-state index contributed by atoms with van der Waals surface area (Å²) in [4.78, 5) is 24.9. The number of rotatable bonds is 4. The van der Waals surface area contributed by atoms with Crippen molar-refractivity contribution in [3.63, 3.8) is 0 Å². The van der Waals surface area contributed by atoms with Crippen LogP contribution in [0.5, 0.6) is 5.75 Å². The molecule has 1 aromatic carbocycles. The van der Waals surface area contributed by atoms with Crippen LogP contribution in [0.1, 0.15) is 45.4 Å². The van der Waals surface area contributed by atoms with Crippen LogP contribution in [-0.4, -0.2) is 25.0 Å². The molecule has 2 N–H and O–H groups in total. The maximum Gasteiger partial charge on any atom is 0.313 e. The third-order valence-corrected chi connectivity index (χ3v) is 6.91. The summed E-state index contributed by atoms with van der Waals surface area (Å²) in [5, 5.41) is 5.67. The van der Waals surface area contributed by atoms with Crippen molar-refractivity contribution in [1.82, 2.24) is 5.32 Å². The molecule has 0 aliphatic heterocycles. The van der Waals surface area contributed by atoms with Crippen molar-refractivity contribution >= 4 is 17.5 Å². The number of hydrogen-bond acceptors (Lipinski definition) is 3. The first-order valence-electron chi connectivity index (χ1n) is 9.74. The van der Waals surface area contributed by atoms with Gasteiger partial charge >= 0.3 is 11.8 Å². The Bertz CT molecular complexity index is 680. The highest BCUT2D eigenvalue weighted by Crippen LogP contribution is 2.61. The highest BCUT2D eigenvalue weighted by molar-refractivity contribution is 6.39. The lowest BCUT2D eigenvalue weighted by atomic mass is 9.48. The van der Waals surface area contributed by atoms with Crippen LogP contribution in [0.3, 0.4) is 0 Å². The average molecular weight is 356 g/mol. The lowest BCUT2D eigenvalue weighted by Gasteiger charge is -2.59. The van der Waals surface area contributed by atoms with Gasteiger partial charge in [-0.2, -0.15) is 0 Å². The molecular weight excluding hydrogens is 328 g/mol. The fourth-order valence-corrected chi connectivity index (χ4v) is 6.05. The van der Waals surface area contributed by atoms with Crippen LogP contribution in [0.2, 0.25) is 0 Å². The van der Waals surface area contributed by atoms with Crippen LogP contribution in [0.25, 0.3) is 0 Å². The van der Waals surface area contributed by atoms with E-state index in [0.29, 0.717) is 11.4 Å². The van der Waals surface area contributed by atoms with Crippen LogP contribution in [0.15, 0.2) is 24.3 Å². The van der Waals surface area contributed by atoms with E-state index in [-0.39, 0.29) is 11.5 Å². The largest absolute Gasteiger partial charge is 0.495 e. The Labute approximate surface area is 154 Å². The van der Waals surface area contributed by atoms with Crippen molar-refractivity contribution in [3.05, 3.63) is 24.3 Å². The van der Waals surface area contributed by atoms with Gasteiger partial charge in [-0.3, -0.25) is 9.59 Å². The first kappa shape index (κ1) is 17.4. The van der Waals surface area contributed by atoms with Crippen LogP contribution in [0.4, 0.5) is 5.69 Å². The van der Waals surface area contributed by atoms with E-state index in [0.717, 1.165) is 17.8 Å². The summed E-state index contributed by atoms with van der Waals surface area (Å²) in [7, 11) is 1.54. The van der Waals surface area contributed by atoms with Gasteiger partial charge in [0, 0.05) is 6.04 Å². The molecule has 1 aromatic rings. The van der Waals surface area contributed by atoms with Gasteiger partial charge in [0.2, 0.25) is 0 Å². The van der Waals surface area contributed by atoms with Crippen molar-refractivity contribution < 1.29 is 14.3 Å². The quantitative estimate of drug-likeness (QED) is 0.813. The molecule has 2 amide bonds. The zero-order valence-electron chi connectivity index (χ0n) is 15.6. The van der Waals surface area contributed by atoms with E-state index in [1.807, 2.05) is 6.07 Å². The van der Waals surface area contributed by atoms with Gasteiger partial charge in [0.15, 0.2) is 0 Å². The fourth-order valence-electron chi connectivity index (χ4n) is 6.05. The lowest BCUT2D eigenvalue weighted by molar-refractivity contribution is -0.138. The Balaban J connectivity index is 1.40. The summed E-state index contributed by atoms with van der Waals surface area (Å²) in [5.74, 6) is 1.82. The highest BCUT2D eigenvalue weighted by Gasteiger charge is 2.53. The molecular formula is C21H28N2O3. The maximum absolute atomic E-state index is 12.5. The second-order valence-corrected chi connectivity index (χ2v) is 8.63. The number of amides is 2. The smallest absolute Gasteiger partial charge is 0.313 e. The zero-order chi connectivity index (χ0) is 18.3.